The molecule has 132 valence electrons. The minimum atomic E-state index is -0.130. The lowest BCUT2D eigenvalue weighted by Crippen LogP contribution is -2.33. The SMILES string of the molecule is Cc1cc(-c2cccc(C(=O)NCCN3CCCC3)c2)c(=O)[nH]c1C. The van der Waals surface area contributed by atoms with Gasteiger partial charge in [-0.3, -0.25) is 9.59 Å². The smallest absolute Gasteiger partial charge is 0.256 e. The number of rotatable bonds is 5. The first-order valence-electron chi connectivity index (χ1n) is 8.86. The van der Waals surface area contributed by atoms with E-state index in [2.05, 4.69) is 15.2 Å². The van der Waals surface area contributed by atoms with Crippen LogP contribution in [0.5, 0.6) is 0 Å². The van der Waals surface area contributed by atoms with Crippen molar-refractivity contribution in [3.8, 4) is 11.1 Å². The zero-order valence-electron chi connectivity index (χ0n) is 14.9. The van der Waals surface area contributed by atoms with Crippen LogP contribution in [0.2, 0.25) is 0 Å². The number of amides is 1. The molecule has 0 radical (unpaired) electrons. The first-order valence-corrected chi connectivity index (χ1v) is 8.86. The van der Waals surface area contributed by atoms with Crippen molar-refractivity contribution in [2.24, 2.45) is 0 Å². The van der Waals surface area contributed by atoms with Gasteiger partial charge in [-0.15, -0.1) is 0 Å². The number of hydrogen-bond donors (Lipinski definition) is 2. The maximum Gasteiger partial charge on any atom is 0.256 e. The number of hydrogen-bond acceptors (Lipinski definition) is 3. The normalized spacial score (nSPS) is 14.6. The number of nitrogens with one attached hydrogen (secondary N) is 2. The van der Waals surface area contributed by atoms with Gasteiger partial charge in [0.15, 0.2) is 0 Å². The third-order valence-electron chi connectivity index (χ3n) is 4.85. The summed E-state index contributed by atoms with van der Waals surface area (Å²) in [6.45, 7) is 7.63. The number of aromatic nitrogens is 1. The molecule has 1 fully saturated rings. The van der Waals surface area contributed by atoms with E-state index in [0.717, 1.165) is 36.5 Å². The lowest BCUT2D eigenvalue weighted by molar-refractivity contribution is 0.0950. The number of aromatic amines is 1. The van der Waals surface area contributed by atoms with Crippen molar-refractivity contribution in [1.82, 2.24) is 15.2 Å². The Balaban J connectivity index is 1.71. The van der Waals surface area contributed by atoms with Crippen LogP contribution in [0.1, 0.15) is 34.5 Å². The monoisotopic (exact) mass is 339 g/mol. The Hall–Kier alpha value is -2.40. The molecule has 1 aliphatic rings. The molecule has 25 heavy (non-hydrogen) atoms. The third-order valence-corrected chi connectivity index (χ3v) is 4.85. The molecule has 2 N–H and O–H groups in total. The van der Waals surface area contributed by atoms with Gasteiger partial charge in [-0.1, -0.05) is 12.1 Å². The number of carbonyl (C=O) groups is 1. The fourth-order valence-corrected chi connectivity index (χ4v) is 3.20. The molecule has 2 heterocycles. The molecule has 1 aromatic carbocycles. The molecule has 0 saturated carbocycles. The second kappa shape index (κ2) is 7.66. The summed E-state index contributed by atoms with van der Waals surface area (Å²) in [6, 6.07) is 9.12. The Bertz CT molecular complexity index is 820. The summed E-state index contributed by atoms with van der Waals surface area (Å²) < 4.78 is 0. The average Bonchev–Trinajstić information content (AvgIpc) is 3.11. The van der Waals surface area contributed by atoms with Gasteiger partial charge in [0.25, 0.3) is 11.5 Å². The first kappa shape index (κ1) is 17.4. The lowest BCUT2D eigenvalue weighted by Gasteiger charge is -2.14. The van der Waals surface area contributed by atoms with Crippen LogP contribution in [-0.4, -0.2) is 42.0 Å². The van der Waals surface area contributed by atoms with E-state index >= 15 is 0 Å². The van der Waals surface area contributed by atoms with Crippen LogP contribution in [0, 0.1) is 13.8 Å². The predicted molar refractivity (Wildman–Crippen MR) is 100.0 cm³/mol. The summed E-state index contributed by atoms with van der Waals surface area (Å²) >= 11 is 0. The topological polar surface area (TPSA) is 65.2 Å². The van der Waals surface area contributed by atoms with Crippen molar-refractivity contribution in [2.45, 2.75) is 26.7 Å². The third kappa shape index (κ3) is 4.17. The largest absolute Gasteiger partial charge is 0.351 e. The minimum Gasteiger partial charge on any atom is -0.351 e. The van der Waals surface area contributed by atoms with E-state index < -0.39 is 0 Å². The Morgan fingerprint density at radius 3 is 2.72 bits per heavy atom. The molecule has 2 aromatic rings. The van der Waals surface area contributed by atoms with Gasteiger partial charge in [0.05, 0.1) is 0 Å². The predicted octanol–water partition coefficient (Wildman–Crippen LogP) is 2.48. The molecule has 1 aliphatic heterocycles. The number of nitrogens with zero attached hydrogens (tertiary/aromatic N) is 1. The van der Waals surface area contributed by atoms with E-state index in [1.54, 1.807) is 12.1 Å². The van der Waals surface area contributed by atoms with E-state index in [4.69, 9.17) is 0 Å². The van der Waals surface area contributed by atoms with Crippen molar-refractivity contribution in [3.63, 3.8) is 0 Å². The number of carbonyl (C=O) groups excluding carboxylic acids is 1. The molecule has 0 unspecified atom stereocenters. The van der Waals surface area contributed by atoms with Crippen LogP contribution in [0.25, 0.3) is 11.1 Å². The quantitative estimate of drug-likeness (QED) is 0.879. The standard InChI is InChI=1S/C20H25N3O2/c1-14-12-18(20(25)22-15(14)2)16-6-5-7-17(13-16)19(24)21-8-11-23-9-3-4-10-23/h5-7,12-13H,3-4,8-11H2,1-2H3,(H,21,24)(H,22,25). The number of aryl methyl sites for hydroxylation is 2. The Morgan fingerprint density at radius 1 is 1.20 bits per heavy atom. The summed E-state index contributed by atoms with van der Waals surface area (Å²) in [5.41, 5.74) is 3.69. The van der Waals surface area contributed by atoms with E-state index in [1.165, 1.54) is 12.8 Å². The van der Waals surface area contributed by atoms with Crippen LogP contribution in [0.3, 0.4) is 0 Å². The number of pyridine rings is 1. The molecular formula is C20H25N3O2. The van der Waals surface area contributed by atoms with Crippen LogP contribution in [0.4, 0.5) is 0 Å². The van der Waals surface area contributed by atoms with Gasteiger partial charge < -0.3 is 15.2 Å². The van der Waals surface area contributed by atoms with Crippen molar-refractivity contribution >= 4 is 5.91 Å². The highest BCUT2D eigenvalue weighted by molar-refractivity contribution is 5.95. The van der Waals surface area contributed by atoms with Gasteiger partial charge >= 0.3 is 0 Å². The molecule has 0 aliphatic carbocycles. The summed E-state index contributed by atoms with van der Waals surface area (Å²) in [5, 5.41) is 2.97. The van der Waals surface area contributed by atoms with Crippen LogP contribution in [0.15, 0.2) is 35.1 Å². The molecule has 0 spiro atoms. The first-order chi connectivity index (χ1) is 12.0. The van der Waals surface area contributed by atoms with Gasteiger partial charge in [-0.05, 0) is 69.1 Å². The molecule has 5 nitrogen and oxygen atoms in total. The van der Waals surface area contributed by atoms with Crippen LogP contribution >= 0.6 is 0 Å². The molecule has 0 atom stereocenters. The Labute approximate surface area is 148 Å². The van der Waals surface area contributed by atoms with Crippen molar-refractivity contribution in [3.05, 3.63) is 57.5 Å². The highest BCUT2D eigenvalue weighted by atomic mass is 16.1. The molecule has 5 heteroatoms. The fraction of sp³-hybridized carbons (Fsp3) is 0.400. The maximum absolute atomic E-state index is 12.4. The molecular weight excluding hydrogens is 314 g/mol. The molecule has 3 rings (SSSR count). The second-order valence-corrected chi connectivity index (χ2v) is 6.71. The second-order valence-electron chi connectivity index (χ2n) is 6.71. The van der Waals surface area contributed by atoms with Gasteiger partial charge in [-0.2, -0.15) is 0 Å². The summed E-state index contributed by atoms with van der Waals surface area (Å²) in [5.74, 6) is -0.0960. The van der Waals surface area contributed by atoms with E-state index in [0.29, 0.717) is 17.7 Å². The zero-order valence-corrected chi connectivity index (χ0v) is 14.9. The summed E-state index contributed by atoms with van der Waals surface area (Å²) in [6.07, 6.45) is 2.50. The minimum absolute atomic E-state index is 0.0960. The summed E-state index contributed by atoms with van der Waals surface area (Å²) in [7, 11) is 0. The van der Waals surface area contributed by atoms with E-state index in [9.17, 15) is 9.59 Å². The Kier molecular flexibility index (Phi) is 5.34. The van der Waals surface area contributed by atoms with Gasteiger partial charge in [0.2, 0.25) is 0 Å². The van der Waals surface area contributed by atoms with E-state index in [-0.39, 0.29) is 11.5 Å². The van der Waals surface area contributed by atoms with Gasteiger partial charge in [0, 0.05) is 29.9 Å². The highest BCUT2D eigenvalue weighted by Crippen LogP contribution is 2.18. The van der Waals surface area contributed by atoms with Crippen molar-refractivity contribution in [1.29, 1.82) is 0 Å². The zero-order chi connectivity index (χ0) is 17.8. The van der Waals surface area contributed by atoms with Gasteiger partial charge in [0.1, 0.15) is 0 Å². The van der Waals surface area contributed by atoms with Crippen molar-refractivity contribution < 1.29 is 4.79 Å². The Morgan fingerprint density at radius 2 is 1.96 bits per heavy atom. The van der Waals surface area contributed by atoms with Crippen molar-refractivity contribution in [2.75, 3.05) is 26.2 Å². The number of benzene rings is 1. The fourth-order valence-electron chi connectivity index (χ4n) is 3.20. The number of likely N-dealkylation sites (tertiary alicyclic amines) is 1. The molecule has 1 saturated heterocycles. The average molecular weight is 339 g/mol. The lowest BCUT2D eigenvalue weighted by atomic mass is 10.0. The van der Waals surface area contributed by atoms with Crippen LogP contribution in [-0.2, 0) is 0 Å². The molecule has 1 amide bonds. The molecule has 1 aromatic heterocycles. The number of H-pyrrole nitrogens is 1. The summed E-state index contributed by atoms with van der Waals surface area (Å²) in [4.78, 5) is 29.8. The van der Waals surface area contributed by atoms with E-state index in [1.807, 2.05) is 32.0 Å². The van der Waals surface area contributed by atoms with Gasteiger partial charge in [-0.25, -0.2) is 0 Å². The highest BCUT2D eigenvalue weighted by Gasteiger charge is 2.13. The molecule has 0 bridgehead atoms. The van der Waals surface area contributed by atoms with Crippen LogP contribution < -0.4 is 10.9 Å². The maximum atomic E-state index is 12.4.